The second kappa shape index (κ2) is 6.15. The van der Waals surface area contributed by atoms with Crippen molar-refractivity contribution in [2.75, 3.05) is 7.11 Å². The first-order valence-electron chi connectivity index (χ1n) is 5.49. The second-order valence-electron chi connectivity index (χ2n) is 3.93. The largest absolute Gasteiger partial charge is 0.466 e. The van der Waals surface area contributed by atoms with Crippen molar-refractivity contribution in [3.63, 3.8) is 0 Å². The Labute approximate surface area is 95.0 Å². The Kier molecular flexibility index (Phi) is 4.82. The molecule has 1 saturated carbocycles. The Morgan fingerprint density at radius 3 is 2.50 bits per heavy atom. The van der Waals surface area contributed by atoms with Gasteiger partial charge in [-0.15, -0.1) is 0 Å². The highest BCUT2D eigenvalue weighted by atomic mass is 16.5. The third-order valence-corrected chi connectivity index (χ3v) is 2.68. The van der Waals surface area contributed by atoms with E-state index in [0.29, 0.717) is 0 Å². The van der Waals surface area contributed by atoms with Gasteiger partial charge in [0.2, 0.25) is 0 Å². The van der Waals surface area contributed by atoms with Gasteiger partial charge in [-0.3, -0.25) is 4.79 Å². The molecule has 5 nitrogen and oxygen atoms in total. The Hall–Kier alpha value is -1.52. The molecule has 5 heteroatoms. The Balaban J connectivity index is 2.44. The number of rotatable bonds is 3. The normalized spacial score (nSPS) is 17.9. The van der Waals surface area contributed by atoms with Crippen molar-refractivity contribution >= 4 is 11.9 Å². The van der Waals surface area contributed by atoms with Gasteiger partial charge >= 0.3 is 5.97 Å². The summed E-state index contributed by atoms with van der Waals surface area (Å²) in [6, 6.07) is 0.186. The minimum atomic E-state index is -0.615. The standard InChI is InChI=1S/C11H18N2O3/c1-16-10(14)7-9(12)11(15)13-8-5-3-2-4-6-8/h7-8H,2-6,12H2,1H3,(H,13,15)/b9-7-. The van der Waals surface area contributed by atoms with Crippen molar-refractivity contribution in [2.45, 2.75) is 38.1 Å². The maximum absolute atomic E-state index is 11.6. The van der Waals surface area contributed by atoms with Gasteiger partial charge in [-0.05, 0) is 12.8 Å². The summed E-state index contributed by atoms with van der Waals surface area (Å²) in [6.45, 7) is 0. The number of nitrogens with one attached hydrogen (secondary N) is 1. The van der Waals surface area contributed by atoms with Crippen LogP contribution in [-0.4, -0.2) is 25.0 Å². The number of amides is 1. The van der Waals surface area contributed by atoms with Crippen LogP contribution in [0, 0.1) is 0 Å². The highest BCUT2D eigenvalue weighted by Crippen LogP contribution is 2.17. The summed E-state index contributed by atoms with van der Waals surface area (Å²) in [4.78, 5) is 22.4. The molecule has 16 heavy (non-hydrogen) atoms. The van der Waals surface area contributed by atoms with E-state index in [-0.39, 0.29) is 11.7 Å². The first kappa shape index (κ1) is 12.5. The van der Waals surface area contributed by atoms with Gasteiger partial charge in [-0.1, -0.05) is 19.3 Å². The summed E-state index contributed by atoms with van der Waals surface area (Å²) in [7, 11) is 1.24. The van der Waals surface area contributed by atoms with Gasteiger partial charge in [0, 0.05) is 6.04 Å². The molecule has 0 radical (unpaired) electrons. The van der Waals surface area contributed by atoms with E-state index in [1.807, 2.05) is 0 Å². The fourth-order valence-electron chi connectivity index (χ4n) is 1.77. The molecule has 0 saturated heterocycles. The number of carbonyl (C=O) groups is 2. The number of ether oxygens (including phenoxy) is 1. The Morgan fingerprint density at radius 2 is 1.94 bits per heavy atom. The molecule has 1 fully saturated rings. The number of hydrogen-bond donors (Lipinski definition) is 2. The molecule has 1 aliphatic carbocycles. The number of methoxy groups -OCH3 is 1. The van der Waals surface area contributed by atoms with Gasteiger partial charge in [0.25, 0.3) is 5.91 Å². The van der Waals surface area contributed by atoms with Gasteiger partial charge in [0.15, 0.2) is 0 Å². The molecular weight excluding hydrogens is 208 g/mol. The van der Waals surface area contributed by atoms with Crippen LogP contribution in [0.3, 0.4) is 0 Å². The van der Waals surface area contributed by atoms with Crippen molar-refractivity contribution in [2.24, 2.45) is 5.73 Å². The Morgan fingerprint density at radius 1 is 1.31 bits per heavy atom. The van der Waals surface area contributed by atoms with Crippen molar-refractivity contribution < 1.29 is 14.3 Å². The molecule has 90 valence electrons. The van der Waals surface area contributed by atoms with Crippen molar-refractivity contribution in [3.05, 3.63) is 11.8 Å². The van der Waals surface area contributed by atoms with E-state index in [0.717, 1.165) is 31.8 Å². The number of hydrogen-bond acceptors (Lipinski definition) is 4. The number of esters is 1. The molecule has 0 atom stereocenters. The van der Waals surface area contributed by atoms with Gasteiger partial charge < -0.3 is 15.8 Å². The van der Waals surface area contributed by atoms with Crippen LogP contribution >= 0.6 is 0 Å². The maximum Gasteiger partial charge on any atom is 0.332 e. The first-order chi connectivity index (χ1) is 7.63. The van der Waals surface area contributed by atoms with Gasteiger partial charge in [-0.2, -0.15) is 0 Å². The number of carbonyl (C=O) groups excluding carboxylic acids is 2. The fourth-order valence-corrected chi connectivity index (χ4v) is 1.77. The molecule has 0 unspecified atom stereocenters. The van der Waals surface area contributed by atoms with Gasteiger partial charge in [-0.25, -0.2) is 4.79 Å². The predicted molar refractivity (Wildman–Crippen MR) is 59.3 cm³/mol. The van der Waals surface area contributed by atoms with E-state index in [1.165, 1.54) is 13.5 Å². The number of nitrogens with two attached hydrogens (primary N) is 1. The molecule has 1 rings (SSSR count). The lowest BCUT2D eigenvalue weighted by Gasteiger charge is -2.22. The van der Waals surface area contributed by atoms with Crippen molar-refractivity contribution in [1.29, 1.82) is 0 Å². The average molecular weight is 226 g/mol. The minimum Gasteiger partial charge on any atom is -0.466 e. The highest BCUT2D eigenvalue weighted by molar-refractivity contribution is 5.98. The van der Waals surface area contributed by atoms with Crippen molar-refractivity contribution in [1.82, 2.24) is 5.32 Å². The van der Waals surface area contributed by atoms with E-state index in [2.05, 4.69) is 10.1 Å². The van der Waals surface area contributed by atoms with Crippen LogP contribution < -0.4 is 11.1 Å². The molecule has 1 amide bonds. The summed E-state index contributed by atoms with van der Waals surface area (Å²) in [6.07, 6.45) is 6.45. The molecule has 0 aliphatic heterocycles. The van der Waals surface area contributed by atoms with E-state index in [1.54, 1.807) is 0 Å². The molecule has 3 N–H and O–H groups in total. The summed E-state index contributed by atoms with van der Waals surface area (Å²) in [5.41, 5.74) is 5.36. The van der Waals surface area contributed by atoms with Crippen LogP contribution in [0.5, 0.6) is 0 Å². The van der Waals surface area contributed by atoms with Crippen LogP contribution in [-0.2, 0) is 14.3 Å². The maximum atomic E-state index is 11.6. The van der Waals surface area contributed by atoms with E-state index in [9.17, 15) is 9.59 Å². The third-order valence-electron chi connectivity index (χ3n) is 2.68. The molecule has 0 spiro atoms. The van der Waals surface area contributed by atoms with E-state index >= 15 is 0 Å². The topological polar surface area (TPSA) is 81.4 Å². The minimum absolute atomic E-state index is 0.0996. The summed E-state index contributed by atoms with van der Waals surface area (Å²) in [5, 5.41) is 2.81. The second-order valence-corrected chi connectivity index (χ2v) is 3.93. The average Bonchev–Trinajstić information content (AvgIpc) is 2.30. The Bertz CT molecular complexity index is 294. The zero-order valence-corrected chi connectivity index (χ0v) is 9.49. The molecule has 0 aromatic heterocycles. The quantitative estimate of drug-likeness (QED) is 0.541. The monoisotopic (exact) mass is 226 g/mol. The molecule has 0 aromatic carbocycles. The lowest BCUT2D eigenvalue weighted by atomic mass is 9.95. The van der Waals surface area contributed by atoms with Gasteiger partial charge in [0.05, 0.1) is 13.2 Å². The molecule has 1 aliphatic rings. The van der Waals surface area contributed by atoms with Crippen LogP contribution in [0.2, 0.25) is 0 Å². The lowest BCUT2D eigenvalue weighted by molar-refractivity contribution is -0.135. The molecular formula is C11H18N2O3. The molecule has 0 heterocycles. The van der Waals surface area contributed by atoms with Gasteiger partial charge in [0.1, 0.15) is 5.70 Å². The summed E-state index contributed by atoms with van der Waals surface area (Å²) >= 11 is 0. The fraction of sp³-hybridized carbons (Fsp3) is 0.636. The van der Waals surface area contributed by atoms with E-state index in [4.69, 9.17) is 5.73 Å². The van der Waals surface area contributed by atoms with Crippen molar-refractivity contribution in [3.8, 4) is 0 Å². The predicted octanol–water partition coefficient (Wildman–Crippen LogP) is 0.451. The smallest absolute Gasteiger partial charge is 0.332 e. The van der Waals surface area contributed by atoms with Crippen LogP contribution in [0.4, 0.5) is 0 Å². The first-order valence-corrected chi connectivity index (χ1v) is 5.49. The third kappa shape index (κ3) is 3.92. The van der Waals surface area contributed by atoms with E-state index < -0.39 is 11.9 Å². The highest BCUT2D eigenvalue weighted by Gasteiger charge is 2.17. The molecule has 0 bridgehead atoms. The van der Waals surface area contributed by atoms with Crippen LogP contribution in [0.25, 0.3) is 0 Å². The SMILES string of the molecule is COC(=O)/C=C(\N)C(=O)NC1CCCCC1. The lowest BCUT2D eigenvalue weighted by Crippen LogP contribution is -2.38. The summed E-state index contributed by atoms with van der Waals surface area (Å²) in [5.74, 6) is -1.01. The molecule has 0 aromatic rings. The zero-order chi connectivity index (χ0) is 12.0. The zero-order valence-electron chi connectivity index (χ0n) is 9.49. The van der Waals surface area contributed by atoms with Crippen LogP contribution in [0.15, 0.2) is 11.8 Å². The van der Waals surface area contributed by atoms with Crippen LogP contribution in [0.1, 0.15) is 32.1 Å². The summed E-state index contributed by atoms with van der Waals surface area (Å²) < 4.78 is 4.39.